The Bertz CT molecular complexity index is 747. The van der Waals surface area contributed by atoms with Crippen LogP contribution in [-0.4, -0.2) is 40.2 Å². The van der Waals surface area contributed by atoms with Crippen LogP contribution in [0.4, 0.5) is 11.4 Å². The molecule has 0 aliphatic carbocycles. The zero-order chi connectivity index (χ0) is 16.7. The quantitative estimate of drug-likeness (QED) is 0.539. The number of carbonyl (C=O) groups is 1. The number of nitriles is 1. The predicted molar refractivity (Wildman–Crippen MR) is 83.3 cm³/mol. The third-order valence-electron chi connectivity index (χ3n) is 2.89. The van der Waals surface area contributed by atoms with Gasteiger partial charge in [-0.05, 0) is 30.3 Å². The molecule has 0 fully saturated rings. The van der Waals surface area contributed by atoms with Crippen LogP contribution in [0.2, 0.25) is 0 Å². The number of H-pyrrole nitrogens is 1. The predicted octanol–water partition coefficient (Wildman–Crippen LogP) is 1.39. The van der Waals surface area contributed by atoms with Crippen molar-refractivity contribution in [3.8, 4) is 6.07 Å². The molecule has 0 aliphatic heterocycles. The van der Waals surface area contributed by atoms with E-state index in [9.17, 15) is 4.79 Å². The molecule has 0 atom stereocenters. The monoisotopic (exact) mass is 313 g/mol. The maximum atomic E-state index is 11.6. The minimum absolute atomic E-state index is 0.175. The summed E-state index contributed by atoms with van der Waals surface area (Å²) in [5.74, 6) is -0.270. The van der Waals surface area contributed by atoms with Crippen LogP contribution in [0.3, 0.4) is 0 Å². The van der Waals surface area contributed by atoms with Crippen LogP contribution in [0.15, 0.2) is 24.4 Å². The van der Waals surface area contributed by atoms with Crippen LogP contribution in [-0.2, 0) is 4.74 Å². The molecule has 2 rings (SSSR count). The van der Waals surface area contributed by atoms with Gasteiger partial charge in [0.25, 0.3) is 0 Å². The van der Waals surface area contributed by atoms with Crippen LogP contribution in [0.25, 0.3) is 5.57 Å². The summed E-state index contributed by atoms with van der Waals surface area (Å²) in [5.41, 5.74) is 1.99. The smallest absolute Gasteiger partial charge is 0.337 e. The highest BCUT2D eigenvalue weighted by atomic mass is 16.5. The number of methoxy groups -OCH3 is 1. The molecule has 9 nitrogen and oxygen atoms in total. The van der Waals surface area contributed by atoms with Gasteiger partial charge >= 0.3 is 5.97 Å². The van der Waals surface area contributed by atoms with Crippen LogP contribution >= 0.6 is 0 Å². The SMILES string of the molecule is CCNc1ccc(C(=O)OC)cc1NC=C(C#N)c1nn[nH]n1. The third-order valence-corrected chi connectivity index (χ3v) is 2.89. The molecule has 0 unspecified atom stereocenters. The molecule has 0 aliphatic rings. The lowest BCUT2D eigenvalue weighted by Gasteiger charge is -2.12. The Hall–Kier alpha value is -3.41. The van der Waals surface area contributed by atoms with Gasteiger partial charge in [0.1, 0.15) is 11.6 Å². The number of ether oxygens (including phenoxy) is 1. The molecule has 9 heteroatoms. The Morgan fingerprint density at radius 2 is 2.30 bits per heavy atom. The largest absolute Gasteiger partial charge is 0.465 e. The summed E-state index contributed by atoms with van der Waals surface area (Å²) in [4.78, 5) is 11.6. The number of nitrogens with one attached hydrogen (secondary N) is 3. The summed E-state index contributed by atoms with van der Waals surface area (Å²) >= 11 is 0. The maximum absolute atomic E-state index is 11.6. The number of tetrazole rings is 1. The fourth-order valence-corrected chi connectivity index (χ4v) is 1.83. The topological polar surface area (TPSA) is 129 Å². The molecular formula is C14H15N7O2. The Labute approximate surface area is 132 Å². The fraction of sp³-hybridized carbons (Fsp3) is 0.214. The number of esters is 1. The zero-order valence-corrected chi connectivity index (χ0v) is 12.6. The Morgan fingerprint density at radius 1 is 1.48 bits per heavy atom. The van der Waals surface area contributed by atoms with E-state index in [1.165, 1.54) is 13.3 Å². The molecular weight excluding hydrogens is 298 g/mol. The van der Waals surface area contributed by atoms with Crippen LogP contribution in [0, 0.1) is 11.3 Å². The number of benzene rings is 1. The average Bonchev–Trinajstić information content (AvgIpc) is 3.10. The molecule has 1 aromatic heterocycles. The summed E-state index contributed by atoms with van der Waals surface area (Å²) in [7, 11) is 1.32. The van der Waals surface area contributed by atoms with Gasteiger partial charge in [-0.1, -0.05) is 0 Å². The highest BCUT2D eigenvalue weighted by molar-refractivity contribution is 5.92. The van der Waals surface area contributed by atoms with Crippen molar-refractivity contribution in [3.63, 3.8) is 0 Å². The van der Waals surface area contributed by atoms with E-state index in [1.54, 1.807) is 18.2 Å². The first-order valence-corrected chi connectivity index (χ1v) is 6.76. The fourth-order valence-electron chi connectivity index (χ4n) is 1.83. The molecule has 1 aromatic carbocycles. The van der Waals surface area contributed by atoms with Crippen molar-refractivity contribution in [3.05, 3.63) is 35.8 Å². The number of nitrogens with zero attached hydrogens (tertiary/aromatic N) is 4. The van der Waals surface area contributed by atoms with Gasteiger partial charge in [0.05, 0.1) is 24.0 Å². The van der Waals surface area contributed by atoms with Crippen molar-refractivity contribution in [2.24, 2.45) is 0 Å². The number of hydrogen-bond acceptors (Lipinski definition) is 8. The number of allylic oxidation sites excluding steroid dienone is 1. The first-order valence-electron chi connectivity index (χ1n) is 6.76. The molecule has 1 heterocycles. The van der Waals surface area contributed by atoms with Gasteiger partial charge in [-0.25, -0.2) is 4.79 Å². The number of anilines is 2. The van der Waals surface area contributed by atoms with E-state index in [2.05, 4.69) is 31.3 Å². The van der Waals surface area contributed by atoms with Gasteiger partial charge in [-0.15, -0.1) is 10.2 Å². The second-order valence-electron chi connectivity index (χ2n) is 4.33. The van der Waals surface area contributed by atoms with Crippen molar-refractivity contribution in [2.75, 3.05) is 24.3 Å². The summed E-state index contributed by atoms with van der Waals surface area (Å²) in [5, 5.41) is 28.5. The van der Waals surface area contributed by atoms with Gasteiger partial charge < -0.3 is 15.4 Å². The summed E-state index contributed by atoms with van der Waals surface area (Å²) in [6.07, 6.45) is 1.45. The summed E-state index contributed by atoms with van der Waals surface area (Å²) < 4.78 is 4.71. The lowest BCUT2D eigenvalue weighted by atomic mass is 10.1. The van der Waals surface area contributed by atoms with E-state index in [-0.39, 0.29) is 11.4 Å². The van der Waals surface area contributed by atoms with Gasteiger partial charge in [0, 0.05) is 12.7 Å². The number of carbonyl (C=O) groups excluding carboxylic acids is 1. The average molecular weight is 313 g/mol. The molecule has 3 N–H and O–H groups in total. The standard InChI is InChI=1S/C14H15N7O2/c1-3-16-11-5-4-9(14(22)23-2)6-12(11)17-8-10(7-15)13-18-20-21-19-13/h4-6,8,16-17H,3H2,1-2H3,(H,18,19,20,21). The van der Waals surface area contributed by atoms with E-state index < -0.39 is 5.97 Å². The lowest BCUT2D eigenvalue weighted by Crippen LogP contribution is -2.06. The number of aromatic amines is 1. The first kappa shape index (κ1) is 16.0. The highest BCUT2D eigenvalue weighted by Gasteiger charge is 2.10. The molecule has 23 heavy (non-hydrogen) atoms. The van der Waals surface area contributed by atoms with Crippen LogP contribution in [0.1, 0.15) is 23.1 Å². The van der Waals surface area contributed by atoms with E-state index in [0.29, 0.717) is 17.8 Å². The number of aromatic nitrogens is 4. The maximum Gasteiger partial charge on any atom is 0.337 e. The van der Waals surface area contributed by atoms with Crippen LogP contribution in [0.5, 0.6) is 0 Å². The Balaban J connectivity index is 2.32. The minimum atomic E-state index is -0.446. The van der Waals surface area contributed by atoms with Crippen LogP contribution < -0.4 is 10.6 Å². The number of rotatable bonds is 6. The third kappa shape index (κ3) is 3.82. The van der Waals surface area contributed by atoms with Crippen molar-refractivity contribution in [1.29, 1.82) is 5.26 Å². The summed E-state index contributed by atoms with van der Waals surface area (Å²) in [6.45, 7) is 2.65. The van der Waals surface area contributed by atoms with Gasteiger partial charge in [0.15, 0.2) is 0 Å². The number of hydrogen-bond donors (Lipinski definition) is 3. The normalized spacial score (nSPS) is 10.7. The molecule has 0 saturated carbocycles. The molecule has 0 saturated heterocycles. The Kier molecular flexibility index (Phi) is 5.25. The first-order chi connectivity index (χ1) is 11.2. The Morgan fingerprint density at radius 3 is 2.91 bits per heavy atom. The molecule has 2 aromatic rings. The molecule has 118 valence electrons. The molecule has 0 bridgehead atoms. The molecule has 0 amide bonds. The van der Waals surface area contributed by atoms with Gasteiger partial charge in [-0.2, -0.15) is 10.5 Å². The second kappa shape index (κ2) is 7.56. The van der Waals surface area contributed by atoms with Crippen molar-refractivity contribution in [1.82, 2.24) is 20.6 Å². The van der Waals surface area contributed by atoms with Crippen molar-refractivity contribution < 1.29 is 9.53 Å². The summed E-state index contributed by atoms with van der Waals surface area (Å²) in [6, 6.07) is 7.02. The lowest BCUT2D eigenvalue weighted by molar-refractivity contribution is 0.0601. The highest BCUT2D eigenvalue weighted by Crippen LogP contribution is 2.24. The molecule has 0 spiro atoms. The van der Waals surface area contributed by atoms with Crippen molar-refractivity contribution >= 4 is 22.9 Å². The van der Waals surface area contributed by atoms with Gasteiger partial charge in [0.2, 0.25) is 5.82 Å². The van der Waals surface area contributed by atoms with E-state index in [4.69, 9.17) is 10.00 Å². The minimum Gasteiger partial charge on any atom is -0.465 e. The molecule has 0 radical (unpaired) electrons. The van der Waals surface area contributed by atoms with E-state index in [1.807, 2.05) is 13.0 Å². The van der Waals surface area contributed by atoms with E-state index >= 15 is 0 Å². The zero-order valence-electron chi connectivity index (χ0n) is 12.6. The second-order valence-corrected chi connectivity index (χ2v) is 4.33. The van der Waals surface area contributed by atoms with E-state index in [0.717, 1.165) is 5.69 Å². The van der Waals surface area contributed by atoms with Gasteiger partial charge in [-0.3, -0.25) is 0 Å². The van der Waals surface area contributed by atoms with Crippen molar-refractivity contribution in [2.45, 2.75) is 6.92 Å².